The summed E-state index contributed by atoms with van der Waals surface area (Å²) in [6.07, 6.45) is 7.94. The molecular formula is C14H27NO2. The van der Waals surface area contributed by atoms with E-state index in [4.69, 9.17) is 5.11 Å². The molecular weight excluding hydrogens is 214 g/mol. The molecule has 0 aromatic heterocycles. The van der Waals surface area contributed by atoms with Gasteiger partial charge in [0.15, 0.2) is 0 Å². The van der Waals surface area contributed by atoms with Crippen molar-refractivity contribution in [2.45, 2.75) is 64.9 Å². The first kappa shape index (κ1) is 14.5. The number of hydrogen-bond acceptors (Lipinski definition) is 2. The van der Waals surface area contributed by atoms with Crippen molar-refractivity contribution in [1.29, 1.82) is 0 Å². The van der Waals surface area contributed by atoms with Gasteiger partial charge in [-0.15, -0.1) is 0 Å². The summed E-state index contributed by atoms with van der Waals surface area (Å²) in [7, 11) is 0. The average Bonchev–Trinajstić information content (AvgIpc) is 2.34. The van der Waals surface area contributed by atoms with Crippen LogP contribution in [0.3, 0.4) is 0 Å². The molecule has 0 aliphatic heterocycles. The number of carbonyl (C=O) groups is 1. The summed E-state index contributed by atoms with van der Waals surface area (Å²) in [4.78, 5) is 11.8. The normalized spacial score (nSPS) is 26.5. The minimum atomic E-state index is -0.445. The fourth-order valence-corrected chi connectivity index (χ4v) is 2.60. The molecule has 1 fully saturated rings. The highest BCUT2D eigenvalue weighted by molar-refractivity contribution is 5.78. The van der Waals surface area contributed by atoms with E-state index in [0.29, 0.717) is 6.54 Å². The Kier molecular flexibility index (Phi) is 6.56. The third kappa shape index (κ3) is 5.53. The van der Waals surface area contributed by atoms with Crippen molar-refractivity contribution in [3.8, 4) is 0 Å². The Labute approximate surface area is 105 Å². The molecule has 1 atom stereocenters. The second-order valence-corrected chi connectivity index (χ2v) is 5.45. The zero-order valence-corrected chi connectivity index (χ0v) is 11.2. The van der Waals surface area contributed by atoms with Gasteiger partial charge < -0.3 is 10.4 Å². The lowest BCUT2D eigenvalue weighted by atomic mass is 9.79. The van der Waals surface area contributed by atoms with Gasteiger partial charge in [0.2, 0.25) is 5.91 Å². The van der Waals surface area contributed by atoms with Crippen LogP contribution in [0.2, 0.25) is 0 Å². The molecule has 1 saturated carbocycles. The van der Waals surface area contributed by atoms with Gasteiger partial charge in [0.05, 0.1) is 6.10 Å². The number of hydrogen-bond donors (Lipinski definition) is 2. The topological polar surface area (TPSA) is 49.3 Å². The molecule has 1 aliphatic rings. The minimum Gasteiger partial charge on any atom is -0.392 e. The maximum absolute atomic E-state index is 11.8. The van der Waals surface area contributed by atoms with Gasteiger partial charge >= 0.3 is 0 Å². The van der Waals surface area contributed by atoms with E-state index >= 15 is 0 Å². The van der Waals surface area contributed by atoms with Crippen LogP contribution in [0.5, 0.6) is 0 Å². The van der Waals surface area contributed by atoms with Crippen LogP contribution in [0.4, 0.5) is 0 Å². The van der Waals surface area contributed by atoms with Crippen molar-refractivity contribution in [3.05, 3.63) is 0 Å². The van der Waals surface area contributed by atoms with E-state index in [1.807, 2.05) is 0 Å². The van der Waals surface area contributed by atoms with Crippen LogP contribution in [0.25, 0.3) is 0 Å². The van der Waals surface area contributed by atoms with Crippen molar-refractivity contribution in [3.63, 3.8) is 0 Å². The number of aliphatic hydroxyl groups excluding tert-OH is 1. The summed E-state index contributed by atoms with van der Waals surface area (Å²) in [5.74, 6) is 1.17. The highest BCUT2D eigenvalue weighted by Gasteiger charge is 2.25. The van der Waals surface area contributed by atoms with Gasteiger partial charge in [-0.2, -0.15) is 0 Å². The molecule has 100 valence electrons. The molecule has 0 aromatic carbocycles. The second-order valence-electron chi connectivity index (χ2n) is 5.45. The van der Waals surface area contributed by atoms with Crippen molar-refractivity contribution in [2.24, 2.45) is 11.8 Å². The van der Waals surface area contributed by atoms with Gasteiger partial charge in [-0.1, -0.05) is 26.2 Å². The summed E-state index contributed by atoms with van der Waals surface area (Å²) < 4.78 is 0. The molecule has 0 saturated heterocycles. The summed E-state index contributed by atoms with van der Waals surface area (Å²) in [5, 5.41) is 11.9. The lowest BCUT2D eigenvalue weighted by Gasteiger charge is -2.27. The van der Waals surface area contributed by atoms with E-state index < -0.39 is 6.10 Å². The van der Waals surface area contributed by atoms with Crippen molar-refractivity contribution < 1.29 is 9.90 Å². The Morgan fingerprint density at radius 3 is 2.53 bits per heavy atom. The van der Waals surface area contributed by atoms with Gasteiger partial charge in [-0.25, -0.2) is 0 Å². The highest BCUT2D eigenvalue weighted by atomic mass is 16.3. The minimum absolute atomic E-state index is 0.139. The summed E-state index contributed by atoms with van der Waals surface area (Å²) in [6, 6.07) is 0. The largest absolute Gasteiger partial charge is 0.392 e. The predicted molar refractivity (Wildman–Crippen MR) is 69.7 cm³/mol. The average molecular weight is 241 g/mol. The Morgan fingerprint density at radius 2 is 2.00 bits per heavy atom. The van der Waals surface area contributed by atoms with Gasteiger partial charge in [-0.05, 0) is 38.5 Å². The molecule has 2 N–H and O–H groups in total. The van der Waals surface area contributed by atoms with Crippen LogP contribution in [-0.4, -0.2) is 23.7 Å². The van der Waals surface area contributed by atoms with Crippen LogP contribution < -0.4 is 5.32 Å². The van der Waals surface area contributed by atoms with Crippen LogP contribution >= 0.6 is 0 Å². The number of rotatable bonds is 6. The Hall–Kier alpha value is -0.570. The van der Waals surface area contributed by atoms with E-state index in [0.717, 1.165) is 18.8 Å². The number of aliphatic hydroxyl groups is 1. The fourth-order valence-electron chi connectivity index (χ4n) is 2.60. The maximum atomic E-state index is 11.8. The number of carbonyl (C=O) groups excluding carboxylic acids is 1. The molecule has 3 heteroatoms. The molecule has 0 spiro atoms. The summed E-state index contributed by atoms with van der Waals surface area (Å²) in [5.41, 5.74) is 0. The fraction of sp³-hybridized carbons (Fsp3) is 0.929. The van der Waals surface area contributed by atoms with Crippen molar-refractivity contribution >= 4 is 5.91 Å². The molecule has 1 rings (SSSR count). The SMILES string of the molecule is CCCCC1CCC(C(=O)NC[C@@H](C)O)CC1. The van der Waals surface area contributed by atoms with Crippen molar-refractivity contribution in [2.75, 3.05) is 6.54 Å². The van der Waals surface area contributed by atoms with E-state index in [1.54, 1.807) is 6.92 Å². The molecule has 0 bridgehead atoms. The van der Waals surface area contributed by atoms with E-state index in [9.17, 15) is 4.79 Å². The number of amides is 1. The molecule has 17 heavy (non-hydrogen) atoms. The predicted octanol–water partition coefficient (Wildman–Crippen LogP) is 2.48. The molecule has 0 radical (unpaired) electrons. The summed E-state index contributed by atoms with van der Waals surface area (Å²) >= 11 is 0. The van der Waals surface area contributed by atoms with Gasteiger partial charge in [0.25, 0.3) is 0 Å². The molecule has 0 aromatic rings. The number of unbranched alkanes of at least 4 members (excludes halogenated alkanes) is 1. The van der Waals surface area contributed by atoms with E-state index in [2.05, 4.69) is 12.2 Å². The lowest BCUT2D eigenvalue weighted by Crippen LogP contribution is -2.37. The third-order valence-corrected chi connectivity index (χ3v) is 3.76. The maximum Gasteiger partial charge on any atom is 0.223 e. The Balaban J connectivity index is 2.19. The van der Waals surface area contributed by atoms with E-state index in [-0.39, 0.29) is 11.8 Å². The van der Waals surface area contributed by atoms with Crippen LogP contribution in [-0.2, 0) is 4.79 Å². The quantitative estimate of drug-likeness (QED) is 0.750. The van der Waals surface area contributed by atoms with Gasteiger partial charge in [-0.3, -0.25) is 4.79 Å². The second kappa shape index (κ2) is 7.70. The standard InChI is InChI=1S/C14H27NO2/c1-3-4-5-12-6-8-13(9-7-12)14(17)15-10-11(2)16/h11-13,16H,3-10H2,1-2H3,(H,15,17)/t11-,12?,13?/m1/s1. The van der Waals surface area contributed by atoms with Gasteiger partial charge in [0, 0.05) is 12.5 Å². The lowest BCUT2D eigenvalue weighted by molar-refractivity contribution is -0.126. The zero-order chi connectivity index (χ0) is 12.7. The zero-order valence-electron chi connectivity index (χ0n) is 11.2. The first-order valence-electron chi connectivity index (χ1n) is 7.09. The van der Waals surface area contributed by atoms with Crippen LogP contribution in [0.1, 0.15) is 58.8 Å². The van der Waals surface area contributed by atoms with Crippen LogP contribution in [0, 0.1) is 11.8 Å². The van der Waals surface area contributed by atoms with Crippen molar-refractivity contribution in [1.82, 2.24) is 5.32 Å². The molecule has 1 aliphatic carbocycles. The van der Waals surface area contributed by atoms with Crippen LogP contribution in [0.15, 0.2) is 0 Å². The first-order valence-corrected chi connectivity index (χ1v) is 7.09. The first-order chi connectivity index (χ1) is 8.13. The third-order valence-electron chi connectivity index (χ3n) is 3.76. The molecule has 1 amide bonds. The summed E-state index contributed by atoms with van der Waals surface area (Å²) in [6.45, 7) is 4.31. The monoisotopic (exact) mass is 241 g/mol. The Morgan fingerprint density at radius 1 is 1.35 bits per heavy atom. The smallest absolute Gasteiger partial charge is 0.223 e. The van der Waals surface area contributed by atoms with E-state index in [1.165, 1.54) is 32.1 Å². The number of nitrogens with one attached hydrogen (secondary N) is 1. The van der Waals surface area contributed by atoms with Gasteiger partial charge in [0.1, 0.15) is 0 Å². The molecule has 0 heterocycles. The highest BCUT2D eigenvalue weighted by Crippen LogP contribution is 2.31. The molecule has 3 nitrogen and oxygen atoms in total. The molecule has 0 unspecified atom stereocenters. The Bertz CT molecular complexity index is 220.